The molecule has 8 atom stereocenters. The molecule has 0 bridgehead atoms. The molecule has 21 heteroatoms. The van der Waals surface area contributed by atoms with Gasteiger partial charge in [-0.3, -0.25) is 9.78 Å². The molecule has 0 saturated carbocycles. The van der Waals surface area contributed by atoms with Crippen LogP contribution in [-0.4, -0.2) is 102 Å². The van der Waals surface area contributed by atoms with Crippen LogP contribution < -0.4 is 17.0 Å². The highest BCUT2D eigenvalue weighted by atomic mass is 32.5. The van der Waals surface area contributed by atoms with Gasteiger partial charge in [-0.05, 0) is 18.2 Å². The van der Waals surface area contributed by atoms with E-state index in [1.807, 2.05) is 0 Å². The van der Waals surface area contributed by atoms with Crippen molar-refractivity contribution in [2.24, 2.45) is 0 Å². The maximum atomic E-state index is 15.1. The van der Waals surface area contributed by atoms with Crippen molar-refractivity contribution in [2.45, 2.75) is 47.3 Å². The van der Waals surface area contributed by atoms with Gasteiger partial charge in [-0.2, -0.15) is 9.67 Å². The number of nitrogens with two attached hydrogens (primary N) is 2. The summed E-state index contributed by atoms with van der Waals surface area (Å²) in [6.07, 6.45) is -3.39. The summed E-state index contributed by atoms with van der Waals surface area (Å²) < 4.78 is 29.2. The Hall–Kier alpha value is -2.84. The normalized spacial score (nSPS) is 30.4. The second-order valence-corrected chi connectivity index (χ2v) is 14.3. The number of imidazole rings is 1. The standard InChI is InChI=1S/C19H23FN11O6PS2/c20-9-12(33)7(37-17(9)31-14-10(28-29-31)13(21)23-4-24-14)3-36-38(35,39)8-1-6(2-32)40-18(8)30-5-25-11-15(30)26-19(22)27-16(11)34/h4-9,12,17-18,32-33H,1-3H2,(H,35,39)(H2,21,23,24)(H3,22,26,27,34)/t6-,7+,8+,9-,12+,17+,18+,38?/m0/s1. The van der Waals surface area contributed by atoms with Crippen LogP contribution in [-0.2, 0) is 21.1 Å². The van der Waals surface area contributed by atoms with Crippen molar-refractivity contribution in [3.8, 4) is 0 Å². The van der Waals surface area contributed by atoms with E-state index in [1.165, 1.54) is 18.1 Å². The number of aromatic amines is 1. The maximum absolute atomic E-state index is 15.1. The monoisotopic (exact) mass is 615 g/mol. The van der Waals surface area contributed by atoms with Crippen LogP contribution in [0.25, 0.3) is 22.3 Å². The van der Waals surface area contributed by atoms with Crippen LogP contribution in [0.5, 0.6) is 0 Å². The molecule has 4 aromatic rings. The maximum Gasteiger partial charge on any atom is 0.280 e. The predicted molar refractivity (Wildman–Crippen MR) is 143 cm³/mol. The van der Waals surface area contributed by atoms with Gasteiger partial charge in [0.05, 0.1) is 30.6 Å². The van der Waals surface area contributed by atoms with E-state index in [-0.39, 0.29) is 52.4 Å². The molecule has 0 aromatic carbocycles. The first-order valence-electron chi connectivity index (χ1n) is 11.8. The number of halogens is 1. The van der Waals surface area contributed by atoms with Crippen molar-refractivity contribution >= 4 is 64.2 Å². The first-order chi connectivity index (χ1) is 19.1. The van der Waals surface area contributed by atoms with Crippen molar-refractivity contribution in [3.05, 3.63) is 23.0 Å². The Balaban J connectivity index is 1.22. The van der Waals surface area contributed by atoms with Crippen molar-refractivity contribution in [1.82, 2.24) is 44.5 Å². The van der Waals surface area contributed by atoms with E-state index in [2.05, 4.69) is 35.2 Å². The molecule has 0 radical (unpaired) electrons. The van der Waals surface area contributed by atoms with Crippen LogP contribution >= 0.6 is 18.3 Å². The number of rotatable bonds is 7. The number of hydrogen-bond acceptors (Lipinski definition) is 15. The van der Waals surface area contributed by atoms with Crippen LogP contribution in [0.1, 0.15) is 18.0 Å². The topological polar surface area (TPSA) is 251 Å². The molecule has 17 nitrogen and oxygen atoms in total. The molecule has 1 unspecified atom stereocenters. The average molecular weight is 616 g/mol. The number of fused-ring (bicyclic) bond motifs is 2. The zero-order valence-electron chi connectivity index (χ0n) is 20.3. The van der Waals surface area contributed by atoms with E-state index >= 15 is 4.39 Å². The Labute approximate surface area is 232 Å². The van der Waals surface area contributed by atoms with Crippen LogP contribution in [0.4, 0.5) is 16.2 Å². The summed E-state index contributed by atoms with van der Waals surface area (Å²) in [6.45, 7) is -4.34. The Morgan fingerprint density at radius 1 is 1.30 bits per heavy atom. The Kier molecular flexibility index (Phi) is 6.98. The van der Waals surface area contributed by atoms with Crippen LogP contribution in [0.15, 0.2) is 17.4 Å². The molecular weight excluding hydrogens is 592 g/mol. The number of thioether (sulfide) groups is 1. The highest BCUT2D eigenvalue weighted by Crippen LogP contribution is 2.62. The molecule has 4 aromatic heterocycles. The third-order valence-corrected chi connectivity index (χ3v) is 11.5. The summed E-state index contributed by atoms with van der Waals surface area (Å²) in [4.78, 5) is 42.1. The highest BCUT2D eigenvalue weighted by molar-refractivity contribution is 8.10. The molecule has 214 valence electrons. The number of aromatic nitrogens is 9. The lowest BCUT2D eigenvalue weighted by Crippen LogP contribution is -2.32. The van der Waals surface area contributed by atoms with E-state index in [1.54, 1.807) is 4.57 Å². The van der Waals surface area contributed by atoms with Gasteiger partial charge in [-0.25, -0.2) is 19.3 Å². The number of hydrogen-bond donors (Lipinski definition) is 6. The minimum atomic E-state index is -3.69. The molecule has 6 heterocycles. The van der Waals surface area contributed by atoms with E-state index in [0.29, 0.717) is 0 Å². The summed E-state index contributed by atoms with van der Waals surface area (Å²) in [5, 5.41) is 27.2. The van der Waals surface area contributed by atoms with Gasteiger partial charge in [0.15, 0.2) is 47.0 Å². The molecule has 0 amide bonds. The van der Waals surface area contributed by atoms with E-state index in [4.69, 9.17) is 32.5 Å². The fourth-order valence-electron chi connectivity index (χ4n) is 4.79. The molecule has 2 fully saturated rings. The fourth-order valence-corrected chi connectivity index (χ4v) is 9.57. The number of nitrogens with one attached hydrogen (secondary N) is 1. The van der Waals surface area contributed by atoms with Crippen LogP contribution in [0.3, 0.4) is 0 Å². The lowest BCUT2D eigenvalue weighted by molar-refractivity contribution is -0.0469. The fraction of sp³-hybridized carbons (Fsp3) is 0.526. The highest BCUT2D eigenvalue weighted by Gasteiger charge is 2.49. The van der Waals surface area contributed by atoms with Gasteiger partial charge >= 0.3 is 0 Å². The molecule has 40 heavy (non-hydrogen) atoms. The summed E-state index contributed by atoms with van der Waals surface area (Å²) in [5.74, 6) is -0.0707. The van der Waals surface area contributed by atoms with Gasteiger partial charge in [0, 0.05) is 5.25 Å². The van der Waals surface area contributed by atoms with Crippen molar-refractivity contribution in [2.75, 3.05) is 24.7 Å². The third kappa shape index (κ3) is 4.53. The number of alkyl halides is 1. The second-order valence-electron chi connectivity index (χ2n) is 9.23. The summed E-state index contributed by atoms with van der Waals surface area (Å²) >= 11 is 6.84. The largest absolute Gasteiger partial charge is 0.395 e. The van der Waals surface area contributed by atoms with Crippen LogP contribution in [0.2, 0.25) is 0 Å². The molecule has 2 aliphatic rings. The van der Waals surface area contributed by atoms with E-state index < -0.39 is 54.3 Å². The molecule has 6 rings (SSSR count). The molecule has 2 saturated heterocycles. The first kappa shape index (κ1) is 27.3. The van der Waals surface area contributed by atoms with Gasteiger partial charge < -0.3 is 40.4 Å². The van der Waals surface area contributed by atoms with Gasteiger partial charge in [0.25, 0.3) is 5.56 Å². The van der Waals surface area contributed by atoms with E-state index in [9.17, 15) is 19.9 Å². The first-order valence-corrected chi connectivity index (χ1v) is 15.5. The minimum Gasteiger partial charge on any atom is -0.395 e. The lowest BCUT2D eigenvalue weighted by atomic mass is 10.1. The molecule has 0 spiro atoms. The number of aliphatic hydroxyl groups excluding tert-OH is 2. The molecule has 2 aliphatic heterocycles. The van der Waals surface area contributed by atoms with Gasteiger partial charge in [-0.15, -0.1) is 16.9 Å². The number of anilines is 2. The average Bonchev–Trinajstić information content (AvgIpc) is 3.69. The SMILES string of the molecule is Nc1nc2c(ncn2[C@@H]2S[C@H](CO)C[C@H]2P(O)(=S)OC[C@H]2O[C@@H](n3nnc4c(N)ncnc43)[C@@H](F)[C@@H]2O)c(=O)[nH]1. The summed E-state index contributed by atoms with van der Waals surface area (Å²) in [6, 6.07) is 0. The number of aliphatic hydroxyl groups is 2. The number of nitrogens with zero attached hydrogens (tertiary/aromatic N) is 8. The van der Waals surface area contributed by atoms with Gasteiger partial charge in [-0.1, -0.05) is 5.21 Å². The quantitative estimate of drug-likeness (QED) is 0.134. The van der Waals surface area contributed by atoms with Crippen molar-refractivity contribution in [3.63, 3.8) is 0 Å². The summed E-state index contributed by atoms with van der Waals surface area (Å²) in [7, 11) is 0. The van der Waals surface area contributed by atoms with Crippen molar-refractivity contribution in [1.29, 1.82) is 0 Å². The molecule has 0 aliphatic carbocycles. The third-order valence-electron chi connectivity index (χ3n) is 6.76. The molecular formula is C19H23FN11O6PS2. The minimum absolute atomic E-state index is 0.0447. The molecule has 8 N–H and O–H groups in total. The summed E-state index contributed by atoms with van der Waals surface area (Å²) in [5.41, 5.74) is 10.7. The smallest absolute Gasteiger partial charge is 0.280 e. The lowest BCUT2D eigenvalue weighted by Gasteiger charge is -2.29. The van der Waals surface area contributed by atoms with Gasteiger partial charge in [0.1, 0.15) is 18.5 Å². The number of nitrogen functional groups attached to an aromatic ring is 2. The zero-order valence-corrected chi connectivity index (χ0v) is 22.8. The predicted octanol–water partition coefficient (Wildman–Crippen LogP) is -1.20. The Bertz CT molecular complexity index is 1690. The van der Waals surface area contributed by atoms with E-state index in [0.717, 1.165) is 11.0 Å². The van der Waals surface area contributed by atoms with Crippen LogP contribution in [0, 0.1) is 0 Å². The zero-order chi connectivity index (χ0) is 28.3. The number of ether oxygens (including phenoxy) is 1. The van der Waals surface area contributed by atoms with Gasteiger partial charge in [0.2, 0.25) is 5.95 Å². The Morgan fingerprint density at radius 2 is 2.10 bits per heavy atom. The van der Waals surface area contributed by atoms with Crippen molar-refractivity contribution < 1.29 is 28.8 Å². The number of H-pyrrole nitrogens is 1. The Morgan fingerprint density at radius 3 is 2.88 bits per heavy atom. The second kappa shape index (κ2) is 10.2.